The van der Waals surface area contributed by atoms with Gasteiger partial charge < -0.3 is 19.7 Å². The van der Waals surface area contributed by atoms with Crippen LogP contribution < -0.4 is 15.2 Å². The lowest BCUT2D eigenvalue weighted by Crippen LogP contribution is -2.07. The third-order valence-electron chi connectivity index (χ3n) is 2.47. The van der Waals surface area contributed by atoms with Crippen molar-refractivity contribution in [3.05, 3.63) is 18.0 Å². The lowest BCUT2D eigenvalue weighted by Gasteiger charge is -2.10. The summed E-state index contributed by atoms with van der Waals surface area (Å²) in [7, 11) is 2.79. The van der Waals surface area contributed by atoms with Gasteiger partial charge in [0, 0.05) is 11.8 Å². The highest BCUT2D eigenvalue weighted by molar-refractivity contribution is 5.75. The molecule has 0 radical (unpaired) electrons. The molecule has 6 nitrogen and oxygen atoms in total. The molecule has 2 aromatic rings. The average Bonchev–Trinajstić information content (AvgIpc) is 2.87. The van der Waals surface area contributed by atoms with Gasteiger partial charge in [0.2, 0.25) is 0 Å². The molecule has 0 aliphatic heterocycles. The van der Waals surface area contributed by atoms with Gasteiger partial charge >= 0.3 is 6.18 Å². The van der Waals surface area contributed by atoms with E-state index in [9.17, 15) is 13.2 Å². The number of anilines is 1. The van der Waals surface area contributed by atoms with E-state index >= 15 is 0 Å². The summed E-state index contributed by atoms with van der Waals surface area (Å²) in [5.41, 5.74) is 5.98. The number of rotatable bonds is 3. The number of ether oxygens (including phenoxy) is 2. The monoisotopic (exact) mass is 289 g/mol. The zero-order valence-corrected chi connectivity index (χ0v) is 10.5. The van der Waals surface area contributed by atoms with Gasteiger partial charge in [-0.25, -0.2) is 0 Å². The lowest BCUT2D eigenvalue weighted by atomic mass is 10.1. The van der Waals surface area contributed by atoms with Crippen molar-refractivity contribution < 1.29 is 27.2 Å². The van der Waals surface area contributed by atoms with Crippen molar-refractivity contribution in [3.8, 4) is 23.0 Å². The highest BCUT2D eigenvalue weighted by Gasteiger charge is 2.37. The van der Waals surface area contributed by atoms with Crippen molar-refractivity contribution in [2.45, 2.75) is 6.18 Å². The van der Waals surface area contributed by atoms with E-state index < -0.39 is 12.0 Å². The lowest BCUT2D eigenvalue weighted by molar-refractivity contribution is -0.146. The Labute approximate surface area is 111 Å². The maximum Gasteiger partial charge on any atom is 0.455 e. The van der Waals surface area contributed by atoms with Crippen molar-refractivity contribution in [3.63, 3.8) is 0 Å². The molecule has 0 amide bonds. The van der Waals surface area contributed by atoms with Crippen molar-refractivity contribution in [1.82, 2.24) is 10.1 Å². The third kappa shape index (κ3) is 2.46. The number of hydrogen-bond donors (Lipinski definition) is 1. The fourth-order valence-corrected chi connectivity index (χ4v) is 1.53. The van der Waals surface area contributed by atoms with E-state index in [2.05, 4.69) is 14.7 Å². The highest BCUT2D eigenvalue weighted by atomic mass is 19.4. The second-order valence-corrected chi connectivity index (χ2v) is 3.72. The van der Waals surface area contributed by atoms with E-state index in [4.69, 9.17) is 15.2 Å². The van der Waals surface area contributed by atoms with Crippen LogP contribution in [-0.2, 0) is 6.18 Å². The number of methoxy groups -OCH3 is 2. The molecular weight excluding hydrogens is 279 g/mol. The minimum absolute atomic E-state index is 0.125. The Balaban J connectivity index is 2.50. The number of nitrogen functional groups attached to an aromatic ring is 1. The fourth-order valence-electron chi connectivity index (χ4n) is 1.53. The van der Waals surface area contributed by atoms with E-state index in [-0.39, 0.29) is 22.9 Å². The summed E-state index contributed by atoms with van der Waals surface area (Å²) < 4.78 is 51.9. The molecule has 1 aromatic heterocycles. The molecule has 20 heavy (non-hydrogen) atoms. The largest absolute Gasteiger partial charge is 0.493 e. The van der Waals surface area contributed by atoms with Crippen molar-refractivity contribution in [2.75, 3.05) is 20.0 Å². The molecule has 0 aliphatic rings. The first-order chi connectivity index (χ1) is 9.36. The molecule has 1 heterocycles. The summed E-state index contributed by atoms with van der Waals surface area (Å²) in [5, 5.41) is 2.86. The number of halogens is 3. The summed E-state index contributed by atoms with van der Waals surface area (Å²) in [4.78, 5) is 3.26. The topological polar surface area (TPSA) is 83.4 Å². The van der Waals surface area contributed by atoms with Gasteiger partial charge in [-0.3, -0.25) is 0 Å². The second kappa shape index (κ2) is 4.91. The molecule has 0 fully saturated rings. The smallest absolute Gasteiger partial charge is 0.455 e. The van der Waals surface area contributed by atoms with Crippen LogP contribution in [0.2, 0.25) is 0 Å². The van der Waals surface area contributed by atoms with Crippen LogP contribution in [0.1, 0.15) is 5.82 Å². The van der Waals surface area contributed by atoms with Gasteiger partial charge in [0.25, 0.3) is 11.7 Å². The number of nitrogens with two attached hydrogens (primary N) is 1. The molecular formula is C11H10F3N3O3. The normalized spacial score (nSPS) is 11.4. The highest BCUT2D eigenvalue weighted by Crippen LogP contribution is 2.37. The first-order valence-corrected chi connectivity index (χ1v) is 5.29. The van der Waals surface area contributed by atoms with Gasteiger partial charge in [0.15, 0.2) is 11.5 Å². The Morgan fingerprint density at radius 2 is 1.75 bits per heavy atom. The first-order valence-electron chi connectivity index (χ1n) is 5.29. The van der Waals surface area contributed by atoms with Crippen LogP contribution in [0.5, 0.6) is 11.5 Å². The van der Waals surface area contributed by atoms with Crippen molar-refractivity contribution in [1.29, 1.82) is 0 Å². The van der Waals surface area contributed by atoms with Crippen LogP contribution in [0.15, 0.2) is 16.7 Å². The first kappa shape index (κ1) is 14.0. The predicted octanol–water partition coefficient (Wildman–Crippen LogP) is 2.35. The van der Waals surface area contributed by atoms with E-state index in [1.165, 1.54) is 26.4 Å². The molecule has 0 spiro atoms. The molecule has 0 saturated carbocycles. The van der Waals surface area contributed by atoms with Crippen LogP contribution in [0.25, 0.3) is 11.5 Å². The number of nitrogens with zero attached hydrogens (tertiary/aromatic N) is 2. The van der Waals surface area contributed by atoms with Crippen molar-refractivity contribution in [2.24, 2.45) is 0 Å². The Morgan fingerprint density at radius 1 is 1.15 bits per heavy atom. The van der Waals surface area contributed by atoms with Gasteiger partial charge in [-0.15, -0.1) is 0 Å². The minimum Gasteiger partial charge on any atom is -0.493 e. The van der Waals surface area contributed by atoms with Crippen LogP contribution in [0.3, 0.4) is 0 Å². The second-order valence-electron chi connectivity index (χ2n) is 3.72. The molecule has 0 saturated heterocycles. The summed E-state index contributed by atoms with van der Waals surface area (Å²) in [6.07, 6.45) is -4.69. The van der Waals surface area contributed by atoms with Gasteiger partial charge in [0.05, 0.1) is 19.8 Å². The molecule has 1 aromatic carbocycles. The molecule has 0 bridgehead atoms. The number of aromatic nitrogens is 2. The molecule has 0 unspecified atom stereocenters. The zero-order chi connectivity index (χ0) is 14.9. The van der Waals surface area contributed by atoms with Gasteiger partial charge in [-0.1, -0.05) is 5.16 Å². The molecule has 0 aliphatic carbocycles. The van der Waals surface area contributed by atoms with Gasteiger partial charge in [-0.05, 0) is 6.07 Å². The predicted molar refractivity (Wildman–Crippen MR) is 62.3 cm³/mol. The summed E-state index contributed by atoms with van der Waals surface area (Å²) in [6, 6.07) is 2.76. The molecule has 2 rings (SSSR count). The Kier molecular flexibility index (Phi) is 3.43. The Hall–Kier alpha value is -2.45. The maximum atomic E-state index is 12.4. The zero-order valence-electron chi connectivity index (χ0n) is 10.5. The summed E-state index contributed by atoms with van der Waals surface area (Å²) in [6.45, 7) is 0. The summed E-state index contributed by atoms with van der Waals surface area (Å²) in [5.74, 6) is -1.11. The van der Waals surface area contributed by atoms with E-state index in [1.54, 1.807) is 0 Å². The fraction of sp³-hybridized carbons (Fsp3) is 0.273. The number of benzene rings is 1. The Morgan fingerprint density at radius 3 is 2.25 bits per heavy atom. The number of alkyl halides is 3. The van der Waals surface area contributed by atoms with E-state index in [1.807, 2.05) is 0 Å². The number of hydrogen-bond acceptors (Lipinski definition) is 6. The minimum atomic E-state index is -4.69. The van der Waals surface area contributed by atoms with Gasteiger partial charge in [0.1, 0.15) is 0 Å². The summed E-state index contributed by atoms with van der Waals surface area (Å²) >= 11 is 0. The van der Waals surface area contributed by atoms with E-state index in [0.29, 0.717) is 5.75 Å². The Bertz CT molecular complexity index is 625. The SMILES string of the molecule is COc1cc(N)c(-c2nc(C(F)(F)F)no2)cc1OC. The van der Waals surface area contributed by atoms with Crippen LogP contribution >= 0.6 is 0 Å². The van der Waals surface area contributed by atoms with Gasteiger partial charge in [-0.2, -0.15) is 18.2 Å². The van der Waals surface area contributed by atoms with E-state index in [0.717, 1.165) is 0 Å². The molecule has 2 N–H and O–H groups in total. The molecule has 9 heteroatoms. The van der Waals surface area contributed by atoms with Crippen LogP contribution in [0, 0.1) is 0 Å². The molecule has 108 valence electrons. The van der Waals surface area contributed by atoms with Crippen LogP contribution in [-0.4, -0.2) is 24.4 Å². The quantitative estimate of drug-likeness (QED) is 0.873. The third-order valence-corrected chi connectivity index (χ3v) is 2.47. The molecule has 0 atom stereocenters. The van der Waals surface area contributed by atoms with Crippen molar-refractivity contribution >= 4 is 5.69 Å². The maximum absolute atomic E-state index is 12.4. The average molecular weight is 289 g/mol. The standard InChI is InChI=1S/C11H10F3N3O3/c1-18-7-3-5(6(15)4-8(7)19-2)9-16-10(17-20-9)11(12,13)14/h3-4H,15H2,1-2H3. The van der Waals surface area contributed by atoms with Crippen LogP contribution in [0.4, 0.5) is 18.9 Å².